The van der Waals surface area contributed by atoms with Gasteiger partial charge >= 0.3 is 6.09 Å². The van der Waals surface area contributed by atoms with Crippen molar-refractivity contribution in [1.82, 2.24) is 9.80 Å². The Morgan fingerprint density at radius 3 is 2.60 bits per heavy atom. The van der Waals surface area contributed by atoms with Crippen LogP contribution in [0.25, 0.3) is 0 Å². The first kappa shape index (κ1) is 19.6. The molecule has 4 nitrogen and oxygen atoms in total. The topological polar surface area (TPSA) is 32.8 Å². The zero-order valence-corrected chi connectivity index (χ0v) is 16.1. The molecule has 0 aliphatic carbocycles. The largest absolute Gasteiger partial charge is 0.449 e. The molecular weight excluding hydrogens is 336 g/mol. The normalized spacial score (nSPS) is 16.3. The zero-order chi connectivity index (χ0) is 18.2. The number of hydrogen-bond acceptors (Lipinski definition) is 3. The van der Waals surface area contributed by atoms with Crippen molar-refractivity contribution in [2.24, 2.45) is 5.92 Å². The van der Waals surface area contributed by atoms with Gasteiger partial charge in [-0.3, -0.25) is 4.90 Å². The van der Waals surface area contributed by atoms with Crippen LogP contribution in [0.5, 0.6) is 0 Å². The SMILES string of the molecule is CCC(C#Cc1cccc(Cl)c1)N1CCN(C(=O)OCC(C)C)CC1. The Labute approximate surface area is 156 Å². The lowest BCUT2D eigenvalue weighted by Gasteiger charge is -2.36. The number of carbonyl (C=O) groups is 1. The van der Waals surface area contributed by atoms with Crippen molar-refractivity contribution in [2.75, 3.05) is 32.8 Å². The van der Waals surface area contributed by atoms with Gasteiger partial charge in [0.25, 0.3) is 0 Å². The maximum Gasteiger partial charge on any atom is 0.409 e. The smallest absolute Gasteiger partial charge is 0.409 e. The van der Waals surface area contributed by atoms with Crippen LogP contribution >= 0.6 is 11.6 Å². The Bertz CT molecular complexity index is 628. The number of nitrogens with zero attached hydrogens (tertiary/aromatic N) is 2. The van der Waals surface area contributed by atoms with E-state index in [1.165, 1.54) is 0 Å². The maximum absolute atomic E-state index is 12.0. The molecule has 1 aromatic rings. The van der Waals surface area contributed by atoms with E-state index in [1.54, 1.807) is 4.90 Å². The molecule has 0 bridgehead atoms. The minimum absolute atomic E-state index is 0.188. The molecule has 1 amide bonds. The Hall–Kier alpha value is -1.70. The fourth-order valence-electron chi connectivity index (χ4n) is 2.73. The van der Waals surface area contributed by atoms with Gasteiger partial charge in [0.1, 0.15) is 0 Å². The van der Waals surface area contributed by atoms with Crippen LogP contribution in [0.4, 0.5) is 4.79 Å². The molecule has 25 heavy (non-hydrogen) atoms. The first-order valence-corrected chi connectivity index (χ1v) is 9.30. The highest BCUT2D eigenvalue weighted by Crippen LogP contribution is 2.12. The van der Waals surface area contributed by atoms with Crippen LogP contribution in [0.3, 0.4) is 0 Å². The number of carbonyl (C=O) groups excluding carboxylic acids is 1. The summed E-state index contributed by atoms with van der Waals surface area (Å²) >= 11 is 6.01. The molecule has 1 unspecified atom stereocenters. The molecule has 0 saturated carbocycles. The van der Waals surface area contributed by atoms with Crippen molar-refractivity contribution < 1.29 is 9.53 Å². The van der Waals surface area contributed by atoms with Crippen LogP contribution in [0.15, 0.2) is 24.3 Å². The molecule has 1 atom stereocenters. The summed E-state index contributed by atoms with van der Waals surface area (Å²) in [6.45, 7) is 9.70. The summed E-state index contributed by atoms with van der Waals surface area (Å²) in [5.74, 6) is 6.93. The number of hydrogen-bond donors (Lipinski definition) is 0. The average molecular weight is 363 g/mol. The van der Waals surface area contributed by atoms with Gasteiger partial charge in [0.05, 0.1) is 12.6 Å². The molecule has 0 radical (unpaired) electrons. The average Bonchev–Trinajstić information content (AvgIpc) is 2.61. The maximum atomic E-state index is 12.0. The quantitative estimate of drug-likeness (QED) is 0.762. The number of benzene rings is 1. The van der Waals surface area contributed by atoms with E-state index in [9.17, 15) is 4.79 Å². The molecule has 5 heteroatoms. The van der Waals surface area contributed by atoms with Gasteiger partial charge in [0.2, 0.25) is 0 Å². The van der Waals surface area contributed by atoms with Gasteiger partial charge in [0, 0.05) is 36.8 Å². The predicted molar refractivity (Wildman–Crippen MR) is 102 cm³/mol. The van der Waals surface area contributed by atoms with E-state index in [-0.39, 0.29) is 12.1 Å². The van der Waals surface area contributed by atoms with Gasteiger partial charge < -0.3 is 9.64 Å². The summed E-state index contributed by atoms with van der Waals surface area (Å²) in [6.07, 6.45) is 0.747. The number of ether oxygens (including phenoxy) is 1. The van der Waals surface area contributed by atoms with Gasteiger partial charge in [-0.25, -0.2) is 4.79 Å². The number of piperazine rings is 1. The van der Waals surface area contributed by atoms with Crippen molar-refractivity contribution in [3.8, 4) is 11.8 Å². The third-order valence-electron chi connectivity index (χ3n) is 4.15. The Morgan fingerprint density at radius 2 is 2.00 bits per heavy atom. The monoisotopic (exact) mass is 362 g/mol. The van der Waals surface area contributed by atoms with Crippen LogP contribution in [0.2, 0.25) is 5.02 Å². The minimum atomic E-state index is -0.202. The molecule has 1 aromatic carbocycles. The summed E-state index contributed by atoms with van der Waals surface area (Å²) in [6, 6.07) is 7.79. The zero-order valence-electron chi connectivity index (χ0n) is 15.3. The number of amides is 1. The van der Waals surface area contributed by atoms with Crippen molar-refractivity contribution in [2.45, 2.75) is 33.2 Å². The van der Waals surface area contributed by atoms with Gasteiger partial charge in [0.15, 0.2) is 0 Å². The number of rotatable bonds is 4. The van der Waals surface area contributed by atoms with E-state index in [2.05, 4.69) is 23.7 Å². The lowest BCUT2D eigenvalue weighted by Crippen LogP contribution is -2.51. The molecule has 1 fully saturated rings. The summed E-state index contributed by atoms with van der Waals surface area (Å²) in [5.41, 5.74) is 0.932. The standard InChI is InChI=1S/C20H27ClN2O2/c1-4-19(9-8-17-6-5-7-18(21)14-17)22-10-12-23(13-11-22)20(24)25-15-16(2)3/h5-7,14,16,19H,4,10-13,15H2,1-3H3. The Balaban J connectivity index is 1.89. The minimum Gasteiger partial charge on any atom is -0.449 e. The second kappa shape index (κ2) is 9.70. The molecule has 0 aromatic heterocycles. The van der Waals surface area contributed by atoms with Crippen LogP contribution in [0.1, 0.15) is 32.8 Å². The van der Waals surface area contributed by atoms with Crippen LogP contribution in [0, 0.1) is 17.8 Å². The Morgan fingerprint density at radius 1 is 1.28 bits per heavy atom. The molecule has 2 rings (SSSR count). The van der Waals surface area contributed by atoms with Crippen LogP contribution in [-0.4, -0.2) is 54.7 Å². The van der Waals surface area contributed by atoms with Gasteiger partial charge in [-0.05, 0) is 30.5 Å². The molecule has 0 spiro atoms. The van der Waals surface area contributed by atoms with Crippen LogP contribution < -0.4 is 0 Å². The van der Waals surface area contributed by atoms with E-state index in [1.807, 2.05) is 38.1 Å². The third kappa shape index (κ3) is 6.26. The molecule has 1 aliphatic heterocycles. The van der Waals surface area contributed by atoms with Gasteiger partial charge in [-0.2, -0.15) is 0 Å². The highest BCUT2D eigenvalue weighted by atomic mass is 35.5. The van der Waals surface area contributed by atoms with Gasteiger partial charge in [-0.15, -0.1) is 0 Å². The van der Waals surface area contributed by atoms with E-state index in [0.717, 1.165) is 25.1 Å². The van der Waals surface area contributed by atoms with E-state index >= 15 is 0 Å². The lowest BCUT2D eigenvalue weighted by atomic mass is 10.1. The summed E-state index contributed by atoms with van der Waals surface area (Å²) in [5, 5.41) is 0.702. The van der Waals surface area contributed by atoms with E-state index < -0.39 is 0 Å². The molecule has 136 valence electrons. The second-order valence-corrected chi connectivity index (χ2v) is 7.13. The fourth-order valence-corrected chi connectivity index (χ4v) is 2.92. The lowest BCUT2D eigenvalue weighted by molar-refractivity contribution is 0.0637. The molecule has 1 saturated heterocycles. The number of halogens is 1. The summed E-state index contributed by atoms with van der Waals surface area (Å²) in [4.78, 5) is 16.2. The first-order valence-electron chi connectivity index (χ1n) is 8.92. The van der Waals surface area contributed by atoms with Gasteiger partial charge in [-0.1, -0.05) is 50.3 Å². The van der Waals surface area contributed by atoms with Crippen molar-refractivity contribution in [3.63, 3.8) is 0 Å². The second-order valence-electron chi connectivity index (χ2n) is 6.70. The first-order chi connectivity index (χ1) is 12.0. The van der Waals surface area contributed by atoms with E-state index in [0.29, 0.717) is 30.6 Å². The molecular formula is C20H27ClN2O2. The van der Waals surface area contributed by atoms with Crippen molar-refractivity contribution >= 4 is 17.7 Å². The molecule has 0 N–H and O–H groups in total. The predicted octanol–water partition coefficient (Wildman–Crippen LogP) is 3.88. The third-order valence-corrected chi connectivity index (χ3v) is 4.38. The summed E-state index contributed by atoms with van der Waals surface area (Å²) < 4.78 is 5.31. The fraction of sp³-hybridized carbons (Fsp3) is 0.550. The highest BCUT2D eigenvalue weighted by Gasteiger charge is 2.25. The van der Waals surface area contributed by atoms with Crippen molar-refractivity contribution in [1.29, 1.82) is 0 Å². The van der Waals surface area contributed by atoms with Crippen molar-refractivity contribution in [3.05, 3.63) is 34.9 Å². The summed E-state index contributed by atoms with van der Waals surface area (Å²) in [7, 11) is 0. The van der Waals surface area contributed by atoms with E-state index in [4.69, 9.17) is 16.3 Å². The molecule has 1 heterocycles. The highest BCUT2D eigenvalue weighted by molar-refractivity contribution is 6.30. The van der Waals surface area contributed by atoms with Crippen LogP contribution in [-0.2, 0) is 4.74 Å². The Kier molecular flexibility index (Phi) is 7.61. The molecule has 1 aliphatic rings.